The molecule has 1 spiro atoms. The lowest BCUT2D eigenvalue weighted by molar-refractivity contribution is -0.210. The fraction of sp³-hybridized carbons (Fsp3) is 0.824. The number of fused-ring (bicyclic) bond motifs is 1. The largest absolute Gasteiger partial charge is 0.381 e. The van der Waals surface area contributed by atoms with Crippen LogP contribution < -0.4 is 5.32 Å². The summed E-state index contributed by atoms with van der Waals surface area (Å²) in [6, 6.07) is 0.436. The Labute approximate surface area is 141 Å². The summed E-state index contributed by atoms with van der Waals surface area (Å²) < 4.78 is 17.6. The van der Waals surface area contributed by atoms with Gasteiger partial charge in [0.05, 0.1) is 36.6 Å². The van der Waals surface area contributed by atoms with E-state index in [9.17, 15) is 0 Å². The average Bonchev–Trinajstić information content (AvgIpc) is 3.18. The van der Waals surface area contributed by atoms with Gasteiger partial charge in [-0.3, -0.25) is 0 Å². The average molecular weight is 338 g/mol. The number of nitrogens with zero attached hydrogens (tertiary/aromatic N) is 1. The van der Waals surface area contributed by atoms with Crippen LogP contribution in [0.25, 0.3) is 0 Å². The lowest BCUT2D eigenvalue weighted by Crippen LogP contribution is -2.39. The summed E-state index contributed by atoms with van der Waals surface area (Å²) >= 11 is 1.89. The minimum absolute atomic E-state index is 0.150. The van der Waals surface area contributed by atoms with Gasteiger partial charge in [0.2, 0.25) is 0 Å². The molecular formula is C17H26N2O3S. The van der Waals surface area contributed by atoms with E-state index >= 15 is 0 Å². The number of aryl methyl sites for hydroxylation is 2. The van der Waals surface area contributed by atoms with Crippen LogP contribution >= 0.6 is 11.3 Å². The SMILES string of the molecule is CCc1nc2c(s1)[C@@H](NC[C@H]1COC3(CCOCC3)O1)CCC2. The van der Waals surface area contributed by atoms with E-state index in [1.54, 1.807) is 0 Å². The zero-order valence-electron chi connectivity index (χ0n) is 13.8. The molecule has 2 fully saturated rings. The van der Waals surface area contributed by atoms with Crippen molar-refractivity contribution < 1.29 is 14.2 Å². The number of aromatic nitrogens is 1. The highest BCUT2D eigenvalue weighted by Crippen LogP contribution is 2.36. The third-order valence-electron chi connectivity index (χ3n) is 5.06. The monoisotopic (exact) mass is 338 g/mol. The zero-order valence-corrected chi connectivity index (χ0v) is 14.6. The van der Waals surface area contributed by atoms with E-state index in [-0.39, 0.29) is 11.9 Å². The predicted molar refractivity (Wildman–Crippen MR) is 88.8 cm³/mol. The maximum Gasteiger partial charge on any atom is 0.173 e. The second-order valence-corrected chi connectivity index (χ2v) is 7.81. The first-order valence-corrected chi connectivity index (χ1v) is 9.71. The van der Waals surface area contributed by atoms with Gasteiger partial charge in [-0.25, -0.2) is 4.98 Å². The molecule has 0 amide bonds. The Morgan fingerprint density at radius 1 is 1.35 bits per heavy atom. The molecular weight excluding hydrogens is 312 g/mol. The molecule has 4 rings (SSSR count). The summed E-state index contributed by atoms with van der Waals surface area (Å²) in [6.45, 7) is 5.21. The highest BCUT2D eigenvalue weighted by Gasteiger charge is 2.42. The van der Waals surface area contributed by atoms with Crippen LogP contribution in [-0.4, -0.2) is 43.2 Å². The van der Waals surface area contributed by atoms with Gasteiger partial charge in [-0.1, -0.05) is 6.92 Å². The Morgan fingerprint density at radius 3 is 3.04 bits per heavy atom. The number of thiazole rings is 1. The molecule has 5 nitrogen and oxygen atoms in total. The number of hydrogen-bond acceptors (Lipinski definition) is 6. The smallest absolute Gasteiger partial charge is 0.173 e. The van der Waals surface area contributed by atoms with Gasteiger partial charge in [0.15, 0.2) is 5.79 Å². The van der Waals surface area contributed by atoms with E-state index in [2.05, 4.69) is 12.2 Å². The van der Waals surface area contributed by atoms with Crippen LogP contribution in [0, 0.1) is 0 Å². The summed E-state index contributed by atoms with van der Waals surface area (Å²) in [5, 5.41) is 4.98. The van der Waals surface area contributed by atoms with Crippen molar-refractivity contribution in [2.75, 3.05) is 26.4 Å². The van der Waals surface area contributed by atoms with Crippen LogP contribution in [-0.2, 0) is 27.1 Å². The Morgan fingerprint density at radius 2 is 2.22 bits per heavy atom. The van der Waals surface area contributed by atoms with Crippen molar-refractivity contribution in [1.82, 2.24) is 10.3 Å². The quantitative estimate of drug-likeness (QED) is 0.914. The van der Waals surface area contributed by atoms with Crippen molar-refractivity contribution in [1.29, 1.82) is 0 Å². The van der Waals surface area contributed by atoms with Gasteiger partial charge in [-0.15, -0.1) is 11.3 Å². The molecule has 2 saturated heterocycles. The highest BCUT2D eigenvalue weighted by molar-refractivity contribution is 7.11. The molecule has 1 aromatic rings. The Bertz CT molecular complexity index is 542. The fourth-order valence-electron chi connectivity index (χ4n) is 3.75. The standard InChI is InChI=1S/C17H26N2O3S/c1-2-15-19-14-5-3-4-13(16(14)23-15)18-10-12-11-21-17(22-12)6-8-20-9-7-17/h12-13,18H,2-11H2,1H3/t12-,13-/m0/s1. The maximum absolute atomic E-state index is 6.22. The maximum atomic E-state index is 6.22. The van der Waals surface area contributed by atoms with E-state index in [0.717, 1.165) is 45.4 Å². The first-order chi connectivity index (χ1) is 11.3. The molecule has 3 heterocycles. The highest BCUT2D eigenvalue weighted by atomic mass is 32.1. The van der Waals surface area contributed by atoms with E-state index in [0.29, 0.717) is 12.6 Å². The normalized spacial score (nSPS) is 29.8. The van der Waals surface area contributed by atoms with E-state index in [4.69, 9.17) is 19.2 Å². The summed E-state index contributed by atoms with van der Waals surface area (Å²) in [4.78, 5) is 6.23. The van der Waals surface area contributed by atoms with Crippen molar-refractivity contribution in [2.24, 2.45) is 0 Å². The lowest BCUT2D eigenvalue weighted by Gasteiger charge is -2.32. The molecule has 1 aromatic heterocycles. The summed E-state index contributed by atoms with van der Waals surface area (Å²) in [5.41, 5.74) is 1.32. The third-order valence-corrected chi connectivity index (χ3v) is 6.41. The van der Waals surface area contributed by atoms with Gasteiger partial charge >= 0.3 is 0 Å². The molecule has 0 unspecified atom stereocenters. The Kier molecular flexibility index (Phi) is 4.70. The van der Waals surface area contributed by atoms with Gasteiger partial charge in [-0.2, -0.15) is 0 Å². The van der Waals surface area contributed by atoms with Gasteiger partial charge in [0, 0.05) is 30.3 Å². The van der Waals surface area contributed by atoms with Crippen LogP contribution in [0.4, 0.5) is 0 Å². The van der Waals surface area contributed by atoms with Crippen LogP contribution in [0.15, 0.2) is 0 Å². The molecule has 2 atom stereocenters. The molecule has 128 valence electrons. The van der Waals surface area contributed by atoms with Crippen molar-refractivity contribution in [3.05, 3.63) is 15.6 Å². The minimum Gasteiger partial charge on any atom is -0.381 e. The fourth-order valence-corrected chi connectivity index (χ4v) is 4.91. The molecule has 1 aliphatic carbocycles. The van der Waals surface area contributed by atoms with Crippen LogP contribution in [0.1, 0.15) is 54.2 Å². The molecule has 0 saturated carbocycles. The van der Waals surface area contributed by atoms with Gasteiger partial charge < -0.3 is 19.5 Å². The van der Waals surface area contributed by atoms with Gasteiger partial charge in [0.1, 0.15) is 0 Å². The van der Waals surface area contributed by atoms with E-state index < -0.39 is 0 Å². The summed E-state index contributed by atoms with van der Waals surface area (Å²) in [7, 11) is 0. The minimum atomic E-state index is -0.373. The van der Waals surface area contributed by atoms with Crippen LogP contribution in [0.5, 0.6) is 0 Å². The van der Waals surface area contributed by atoms with E-state index in [1.807, 2.05) is 11.3 Å². The summed E-state index contributed by atoms with van der Waals surface area (Å²) in [6.07, 6.45) is 6.45. The molecule has 23 heavy (non-hydrogen) atoms. The Balaban J connectivity index is 1.34. The first kappa shape index (κ1) is 16.0. The van der Waals surface area contributed by atoms with Crippen molar-refractivity contribution >= 4 is 11.3 Å². The molecule has 0 aromatic carbocycles. The predicted octanol–water partition coefficient (Wildman–Crippen LogP) is 2.59. The van der Waals surface area contributed by atoms with Crippen molar-refractivity contribution in [3.8, 4) is 0 Å². The molecule has 3 aliphatic rings. The lowest BCUT2D eigenvalue weighted by atomic mass is 9.98. The Hall–Kier alpha value is -0.530. The number of hydrogen-bond donors (Lipinski definition) is 1. The first-order valence-electron chi connectivity index (χ1n) is 8.89. The summed E-state index contributed by atoms with van der Waals surface area (Å²) in [5.74, 6) is -0.373. The zero-order chi connectivity index (χ0) is 15.7. The van der Waals surface area contributed by atoms with Gasteiger partial charge in [-0.05, 0) is 25.7 Å². The number of rotatable bonds is 4. The molecule has 1 N–H and O–H groups in total. The molecule has 0 bridgehead atoms. The van der Waals surface area contributed by atoms with Crippen LogP contribution in [0.3, 0.4) is 0 Å². The number of ether oxygens (including phenoxy) is 3. The van der Waals surface area contributed by atoms with Crippen molar-refractivity contribution in [2.45, 2.75) is 63.4 Å². The van der Waals surface area contributed by atoms with Gasteiger partial charge in [0.25, 0.3) is 0 Å². The molecule has 0 radical (unpaired) electrons. The molecule has 6 heteroatoms. The van der Waals surface area contributed by atoms with Crippen LogP contribution in [0.2, 0.25) is 0 Å². The second-order valence-electron chi connectivity index (χ2n) is 6.70. The van der Waals surface area contributed by atoms with E-state index in [1.165, 1.54) is 28.4 Å². The second kappa shape index (κ2) is 6.76. The number of nitrogens with one attached hydrogen (secondary N) is 1. The molecule has 2 aliphatic heterocycles. The topological polar surface area (TPSA) is 52.6 Å². The van der Waals surface area contributed by atoms with Crippen molar-refractivity contribution in [3.63, 3.8) is 0 Å². The third kappa shape index (κ3) is 3.33.